The Morgan fingerprint density at radius 3 is 2.59 bits per heavy atom. The van der Waals surface area contributed by atoms with Gasteiger partial charge in [-0.2, -0.15) is 0 Å². The normalized spacial score (nSPS) is 11.0. The molecule has 0 unspecified atom stereocenters. The van der Waals surface area contributed by atoms with Gasteiger partial charge in [-0.25, -0.2) is 14.6 Å². The Balaban J connectivity index is 1.39. The molecule has 0 amide bonds. The van der Waals surface area contributed by atoms with Crippen LogP contribution < -0.4 is 10.4 Å². The predicted octanol–water partition coefficient (Wildman–Crippen LogP) is 4.24. The van der Waals surface area contributed by atoms with E-state index in [0.29, 0.717) is 22.3 Å². The van der Waals surface area contributed by atoms with E-state index in [0.717, 1.165) is 5.56 Å². The molecule has 0 aliphatic rings. The number of nitrogens with zero attached hydrogens (tertiary/aromatic N) is 3. The highest BCUT2D eigenvalue weighted by Gasteiger charge is 2.16. The smallest absolute Gasteiger partial charge is 0.351 e. The zero-order valence-corrected chi connectivity index (χ0v) is 16.3. The fourth-order valence-corrected chi connectivity index (χ4v) is 3.29. The Hall–Kier alpha value is -4.79. The van der Waals surface area contributed by atoms with Crippen LogP contribution in [0.25, 0.3) is 27.9 Å². The largest absolute Gasteiger partial charge is 0.423 e. The molecule has 0 saturated heterocycles. The van der Waals surface area contributed by atoms with Crippen molar-refractivity contribution < 1.29 is 18.9 Å². The second-order valence-electron chi connectivity index (χ2n) is 6.94. The second-order valence-corrected chi connectivity index (χ2v) is 6.94. The van der Waals surface area contributed by atoms with Crippen LogP contribution in [0.2, 0.25) is 0 Å². The van der Waals surface area contributed by atoms with Crippen LogP contribution in [0.3, 0.4) is 0 Å². The topological polar surface area (TPSA) is 117 Å². The summed E-state index contributed by atoms with van der Waals surface area (Å²) in [7, 11) is 0. The minimum Gasteiger partial charge on any atom is -0.423 e. The van der Waals surface area contributed by atoms with E-state index in [1.54, 1.807) is 65.2 Å². The molecule has 2 aromatic carbocycles. The second kappa shape index (κ2) is 7.47. The van der Waals surface area contributed by atoms with Crippen molar-refractivity contribution in [2.45, 2.75) is 0 Å². The molecule has 5 aromatic rings. The summed E-state index contributed by atoms with van der Waals surface area (Å²) in [6.07, 6.45) is 3.06. The minimum atomic E-state index is -0.822. The standard InChI is InChI=1S/C23H13N3O6/c27-22(18-11-15-3-1-2-4-20(15)32-23(18)28)31-17-8-5-14(6-9-17)19-13-25-12-16(26(29)30)7-10-21(25)24-19/h1-13H. The number of benzene rings is 2. The van der Waals surface area contributed by atoms with Gasteiger partial charge in [0, 0.05) is 23.2 Å². The maximum Gasteiger partial charge on any atom is 0.351 e. The number of aromatic nitrogens is 2. The van der Waals surface area contributed by atoms with E-state index in [1.807, 2.05) is 0 Å². The SMILES string of the molecule is O=C(Oc1ccc(-c2cn3cc([N+](=O)[O-])ccc3n2)cc1)c1cc2ccccc2oc1=O. The van der Waals surface area contributed by atoms with Crippen molar-refractivity contribution in [3.8, 4) is 17.0 Å². The Morgan fingerprint density at radius 1 is 1.03 bits per heavy atom. The van der Waals surface area contributed by atoms with Gasteiger partial charge in [-0.1, -0.05) is 18.2 Å². The first-order chi connectivity index (χ1) is 15.5. The molecule has 0 N–H and O–H groups in total. The Kier molecular flexibility index (Phi) is 4.48. The molecule has 32 heavy (non-hydrogen) atoms. The number of esters is 1. The van der Waals surface area contributed by atoms with Gasteiger partial charge < -0.3 is 9.15 Å². The van der Waals surface area contributed by atoms with Crippen LogP contribution in [0.4, 0.5) is 5.69 Å². The molecule has 156 valence electrons. The van der Waals surface area contributed by atoms with Crippen LogP contribution in [-0.2, 0) is 0 Å². The summed E-state index contributed by atoms with van der Waals surface area (Å²) in [5.41, 5.74) is 1.25. The number of nitro groups is 1. The highest BCUT2D eigenvalue weighted by atomic mass is 16.6. The van der Waals surface area contributed by atoms with Crippen molar-refractivity contribution >= 4 is 28.3 Å². The first-order valence-corrected chi connectivity index (χ1v) is 9.46. The maximum atomic E-state index is 12.5. The molecule has 5 rings (SSSR count). The van der Waals surface area contributed by atoms with Crippen molar-refractivity contribution in [3.63, 3.8) is 0 Å². The van der Waals surface area contributed by atoms with Crippen molar-refractivity contribution in [1.82, 2.24) is 9.38 Å². The number of ether oxygens (including phenoxy) is 1. The fourth-order valence-electron chi connectivity index (χ4n) is 3.29. The van der Waals surface area contributed by atoms with E-state index in [-0.39, 0.29) is 17.0 Å². The number of pyridine rings is 1. The van der Waals surface area contributed by atoms with Crippen molar-refractivity contribution in [3.05, 3.63) is 105 Å². The number of carbonyl (C=O) groups excluding carboxylic acids is 1. The number of imidazole rings is 1. The summed E-state index contributed by atoms with van der Waals surface area (Å²) in [6, 6.07) is 17.8. The first-order valence-electron chi connectivity index (χ1n) is 9.46. The van der Waals surface area contributed by atoms with Crippen LogP contribution in [0.5, 0.6) is 5.75 Å². The third-order valence-electron chi connectivity index (χ3n) is 4.87. The Morgan fingerprint density at radius 2 is 1.81 bits per heavy atom. The number of hydrogen-bond donors (Lipinski definition) is 0. The van der Waals surface area contributed by atoms with Gasteiger partial charge in [0.1, 0.15) is 22.5 Å². The lowest BCUT2D eigenvalue weighted by atomic mass is 10.1. The molecule has 0 radical (unpaired) electrons. The lowest BCUT2D eigenvalue weighted by molar-refractivity contribution is -0.385. The highest BCUT2D eigenvalue weighted by molar-refractivity contribution is 5.94. The molecule has 0 fully saturated rings. The van der Waals surface area contributed by atoms with Crippen molar-refractivity contribution in [1.29, 1.82) is 0 Å². The Labute approximate surface area is 179 Å². The summed E-state index contributed by atoms with van der Waals surface area (Å²) < 4.78 is 12.1. The van der Waals surface area contributed by atoms with Gasteiger partial charge >= 0.3 is 11.6 Å². The molecule has 0 aliphatic carbocycles. The van der Waals surface area contributed by atoms with Gasteiger partial charge in [0.15, 0.2) is 0 Å². The summed E-state index contributed by atoms with van der Waals surface area (Å²) in [6.45, 7) is 0. The third kappa shape index (κ3) is 3.47. The maximum absolute atomic E-state index is 12.5. The summed E-state index contributed by atoms with van der Waals surface area (Å²) in [4.78, 5) is 39.5. The quantitative estimate of drug-likeness (QED) is 0.138. The van der Waals surface area contributed by atoms with Gasteiger partial charge in [0.05, 0.1) is 16.8 Å². The summed E-state index contributed by atoms with van der Waals surface area (Å²) in [5.74, 6) is -0.581. The number of carbonyl (C=O) groups is 1. The van der Waals surface area contributed by atoms with Crippen LogP contribution in [0, 0.1) is 10.1 Å². The van der Waals surface area contributed by atoms with Crippen molar-refractivity contribution in [2.75, 3.05) is 0 Å². The third-order valence-corrected chi connectivity index (χ3v) is 4.87. The minimum absolute atomic E-state index is 0.0399. The van der Waals surface area contributed by atoms with Crippen LogP contribution in [0.1, 0.15) is 10.4 Å². The molecule has 9 nitrogen and oxygen atoms in total. The van der Waals surface area contributed by atoms with E-state index in [1.165, 1.54) is 18.3 Å². The number of para-hydroxylation sites is 1. The first kappa shape index (κ1) is 19.2. The zero-order valence-electron chi connectivity index (χ0n) is 16.3. The van der Waals surface area contributed by atoms with E-state index in [2.05, 4.69) is 4.98 Å². The molecule has 0 bridgehead atoms. The van der Waals surface area contributed by atoms with E-state index >= 15 is 0 Å². The van der Waals surface area contributed by atoms with E-state index < -0.39 is 16.5 Å². The lowest BCUT2D eigenvalue weighted by Crippen LogP contribution is -2.18. The molecule has 3 heterocycles. The number of rotatable bonds is 4. The molecule has 0 saturated carbocycles. The molecule has 0 atom stereocenters. The van der Waals surface area contributed by atoms with Gasteiger partial charge in [0.25, 0.3) is 5.69 Å². The van der Waals surface area contributed by atoms with Gasteiger partial charge in [-0.15, -0.1) is 0 Å². The molecule has 0 spiro atoms. The van der Waals surface area contributed by atoms with Crippen molar-refractivity contribution in [2.24, 2.45) is 0 Å². The van der Waals surface area contributed by atoms with E-state index in [4.69, 9.17) is 9.15 Å². The van der Waals surface area contributed by atoms with Crippen LogP contribution in [-0.4, -0.2) is 20.3 Å². The average molecular weight is 427 g/mol. The lowest BCUT2D eigenvalue weighted by Gasteiger charge is -2.05. The Bertz CT molecular complexity index is 1570. The van der Waals surface area contributed by atoms with Gasteiger partial charge in [0.2, 0.25) is 0 Å². The summed E-state index contributed by atoms with van der Waals surface area (Å²) >= 11 is 0. The number of fused-ring (bicyclic) bond motifs is 2. The molecular formula is C23H13N3O6. The predicted molar refractivity (Wildman–Crippen MR) is 115 cm³/mol. The molecular weight excluding hydrogens is 414 g/mol. The monoisotopic (exact) mass is 427 g/mol. The number of hydrogen-bond acceptors (Lipinski definition) is 7. The molecule has 0 aliphatic heterocycles. The average Bonchev–Trinajstić information content (AvgIpc) is 3.22. The molecule has 3 aromatic heterocycles. The van der Waals surface area contributed by atoms with Gasteiger partial charge in [-0.05, 0) is 42.5 Å². The van der Waals surface area contributed by atoms with Crippen LogP contribution >= 0.6 is 0 Å². The van der Waals surface area contributed by atoms with Gasteiger partial charge in [-0.3, -0.25) is 14.5 Å². The van der Waals surface area contributed by atoms with E-state index in [9.17, 15) is 19.7 Å². The molecule has 9 heteroatoms. The zero-order chi connectivity index (χ0) is 22.2. The summed E-state index contributed by atoms with van der Waals surface area (Å²) in [5, 5.41) is 11.6. The van der Waals surface area contributed by atoms with Crippen LogP contribution in [0.15, 0.2) is 88.3 Å². The fraction of sp³-hybridized carbons (Fsp3) is 0. The highest BCUT2D eigenvalue weighted by Crippen LogP contribution is 2.24.